The molecule has 3 heterocycles. The van der Waals surface area contributed by atoms with Crippen LogP contribution in [0.25, 0.3) is 11.3 Å². The van der Waals surface area contributed by atoms with E-state index in [9.17, 15) is 0 Å². The third-order valence-corrected chi connectivity index (χ3v) is 2.65. The van der Waals surface area contributed by atoms with Crippen LogP contribution in [-0.2, 0) is 13.0 Å². The first-order valence-corrected chi connectivity index (χ1v) is 4.98. The molecular weight excluding hydrogens is 190 g/mol. The largest absolute Gasteiger partial charge is 0.311 e. The van der Waals surface area contributed by atoms with E-state index in [1.165, 1.54) is 5.56 Å². The molecule has 0 spiro atoms. The van der Waals surface area contributed by atoms with E-state index in [0.717, 1.165) is 36.5 Å². The minimum Gasteiger partial charge on any atom is -0.311 e. The van der Waals surface area contributed by atoms with Gasteiger partial charge in [-0.1, -0.05) is 0 Å². The van der Waals surface area contributed by atoms with Gasteiger partial charge in [-0.25, -0.2) is 9.97 Å². The van der Waals surface area contributed by atoms with Gasteiger partial charge >= 0.3 is 0 Å². The van der Waals surface area contributed by atoms with Crippen LogP contribution in [0.15, 0.2) is 18.7 Å². The maximum Gasteiger partial charge on any atom is 0.116 e. The van der Waals surface area contributed by atoms with E-state index in [-0.39, 0.29) is 0 Å². The van der Waals surface area contributed by atoms with Gasteiger partial charge in [0, 0.05) is 23.9 Å². The Labute approximate surface area is 87.0 Å². The fourth-order valence-electron chi connectivity index (χ4n) is 1.91. The lowest BCUT2D eigenvalue weighted by Gasteiger charge is -2.17. The van der Waals surface area contributed by atoms with Gasteiger partial charge in [0.2, 0.25) is 0 Å². The Hall–Kier alpha value is -1.75. The van der Waals surface area contributed by atoms with Gasteiger partial charge in [-0.3, -0.25) is 5.10 Å². The minimum atomic E-state index is 0.836. The van der Waals surface area contributed by atoms with Crippen molar-refractivity contribution in [2.24, 2.45) is 0 Å². The molecule has 0 saturated heterocycles. The van der Waals surface area contributed by atoms with Crippen LogP contribution in [0.3, 0.4) is 0 Å². The number of aromatic amines is 1. The first-order chi connectivity index (χ1) is 7.45. The Bertz CT molecular complexity index is 463. The molecule has 1 aliphatic rings. The molecule has 0 bridgehead atoms. The zero-order valence-corrected chi connectivity index (χ0v) is 8.20. The Morgan fingerprint density at radius 3 is 3.13 bits per heavy atom. The molecular formula is C10H11N5. The van der Waals surface area contributed by atoms with Gasteiger partial charge in [-0.15, -0.1) is 0 Å². The Morgan fingerprint density at radius 1 is 1.27 bits per heavy atom. The monoisotopic (exact) mass is 201 g/mol. The predicted octanol–water partition coefficient (Wildman–Crippen LogP) is 0.512. The molecule has 0 unspecified atom stereocenters. The maximum absolute atomic E-state index is 4.34. The highest BCUT2D eigenvalue weighted by Crippen LogP contribution is 2.23. The fourth-order valence-corrected chi connectivity index (χ4v) is 1.91. The average molecular weight is 201 g/mol. The number of rotatable bonds is 1. The number of H-pyrrole nitrogens is 1. The quantitative estimate of drug-likeness (QED) is 0.705. The number of aromatic nitrogens is 4. The second-order valence-corrected chi connectivity index (χ2v) is 3.56. The van der Waals surface area contributed by atoms with Crippen LogP contribution >= 0.6 is 0 Å². The number of nitrogens with one attached hydrogen (secondary N) is 2. The number of nitrogens with zero attached hydrogens (tertiary/aromatic N) is 3. The summed E-state index contributed by atoms with van der Waals surface area (Å²) < 4.78 is 0. The van der Waals surface area contributed by atoms with Gasteiger partial charge in [0.15, 0.2) is 0 Å². The van der Waals surface area contributed by atoms with Crippen molar-refractivity contribution < 1.29 is 0 Å². The van der Waals surface area contributed by atoms with Crippen molar-refractivity contribution in [1.82, 2.24) is 25.5 Å². The molecule has 0 amide bonds. The average Bonchev–Trinajstić information content (AvgIpc) is 2.82. The number of fused-ring (bicyclic) bond motifs is 1. The van der Waals surface area contributed by atoms with E-state index in [1.807, 2.05) is 6.20 Å². The summed E-state index contributed by atoms with van der Waals surface area (Å²) in [4.78, 5) is 8.62. The second-order valence-electron chi connectivity index (χ2n) is 3.56. The lowest BCUT2D eigenvalue weighted by molar-refractivity contribution is 0.624. The van der Waals surface area contributed by atoms with Gasteiger partial charge in [-0.2, -0.15) is 5.10 Å². The van der Waals surface area contributed by atoms with Crippen molar-refractivity contribution in [3.63, 3.8) is 0 Å². The van der Waals surface area contributed by atoms with Crippen LogP contribution in [0.4, 0.5) is 0 Å². The van der Waals surface area contributed by atoms with E-state index >= 15 is 0 Å². The standard InChI is InChI=1S/C10H11N5/c1-2-11-5-9-8(1)10(13-6-12-9)7-3-14-15-4-7/h3-4,6,11H,1-2,5H2,(H,14,15). The molecule has 15 heavy (non-hydrogen) atoms. The summed E-state index contributed by atoms with van der Waals surface area (Å²) in [5.41, 5.74) is 4.40. The molecule has 0 radical (unpaired) electrons. The lowest BCUT2D eigenvalue weighted by atomic mass is 10.0. The highest BCUT2D eigenvalue weighted by atomic mass is 15.1. The van der Waals surface area contributed by atoms with Crippen LogP contribution in [0.1, 0.15) is 11.3 Å². The van der Waals surface area contributed by atoms with Crippen LogP contribution in [0, 0.1) is 0 Å². The molecule has 2 aromatic rings. The molecule has 0 saturated carbocycles. The summed E-state index contributed by atoms with van der Waals surface area (Å²) in [5, 5.41) is 10.1. The molecule has 1 aliphatic heterocycles. The zero-order chi connectivity index (χ0) is 10.1. The SMILES string of the molecule is c1nc2c(c(-c3cn[nH]c3)n1)CCNC2. The molecule has 0 atom stereocenters. The third-order valence-electron chi connectivity index (χ3n) is 2.65. The molecule has 5 heteroatoms. The predicted molar refractivity (Wildman–Crippen MR) is 55.0 cm³/mol. The Morgan fingerprint density at radius 2 is 2.27 bits per heavy atom. The Kier molecular flexibility index (Phi) is 1.96. The van der Waals surface area contributed by atoms with Gasteiger partial charge in [0.1, 0.15) is 6.33 Å². The molecule has 0 fully saturated rings. The van der Waals surface area contributed by atoms with Crippen molar-refractivity contribution in [1.29, 1.82) is 0 Å². The van der Waals surface area contributed by atoms with Crippen molar-refractivity contribution >= 4 is 0 Å². The lowest BCUT2D eigenvalue weighted by Crippen LogP contribution is -2.25. The molecule has 2 N–H and O–H groups in total. The summed E-state index contributed by atoms with van der Waals surface area (Å²) in [6.45, 7) is 1.83. The molecule has 2 aromatic heterocycles. The van der Waals surface area contributed by atoms with Crippen LogP contribution in [0.2, 0.25) is 0 Å². The highest BCUT2D eigenvalue weighted by molar-refractivity contribution is 5.62. The van der Waals surface area contributed by atoms with Crippen LogP contribution in [-0.4, -0.2) is 26.7 Å². The number of hydrogen-bond acceptors (Lipinski definition) is 4. The van der Waals surface area contributed by atoms with Crippen molar-refractivity contribution in [2.75, 3.05) is 6.54 Å². The molecule has 5 nitrogen and oxygen atoms in total. The first-order valence-electron chi connectivity index (χ1n) is 4.98. The number of hydrogen-bond donors (Lipinski definition) is 2. The van der Waals surface area contributed by atoms with E-state index in [2.05, 4.69) is 25.5 Å². The third kappa shape index (κ3) is 1.41. The van der Waals surface area contributed by atoms with E-state index in [0.29, 0.717) is 0 Å². The Balaban J connectivity index is 2.15. The molecule has 0 aliphatic carbocycles. The van der Waals surface area contributed by atoms with Gasteiger partial charge in [0.05, 0.1) is 17.6 Å². The van der Waals surface area contributed by atoms with E-state index in [1.54, 1.807) is 12.5 Å². The molecule has 0 aromatic carbocycles. The first kappa shape index (κ1) is 8.55. The second kappa shape index (κ2) is 3.43. The highest BCUT2D eigenvalue weighted by Gasteiger charge is 2.16. The summed E-state index contributed by atoms with van der Waals surface area (Å²) in [6.07, 6.45) is 6.26. The molecule has 3 rings (SSSR count). The van der Waals surface area contributed by atoms with E-state index < -0.39 is 0 Å². The van der Waals surface area contributed by atoms with Gasteiger partial charge < -0.3 is 5.32 Å². The molecule has 76 valence electrons. The zero-order valence-electron chi connectivity index (χ0n) is 8.20. The topological polar surface area (TPSA) is 66.5 Å². The van der Waals surface area contributed by atoms with Crippen molar-refractivity contribution in [3.8, 4) is 11.3 Å². The smallest absolute Gasteiger partial charge is 0.116 e. The van der Waals surface area contributed by atoms with Crippen molar-refractivity contribution in [2.45, 2.75) is 13.0 Å². The fraction of sp³-hybridized carbons (Fsp3) is 0.300. The summed E-state index contributed by atoms with van der Waals surface area (Å²) in [6, 6.07) is 0. The van der Waals surface area contributed by atoms with E-state index in [4.69, 9.17) is 0 Å². The maximum atomic E-state index is 4.34. The minimum absolute atomic E-state index is 0.836. The van der Waals surface area contributed by atoms with Crippen LogP contribution < -0.4 is 5.32 Å². The summed E-state index contributed by atoms with van der Waals surface area (Å²) in [5.74, 6) is 0. The summed E-state index contributed by atoms with van der Waals surface area (Å²) in [7, 11) is 0. The van der Waals surface area contributed by atoms with Crippen molar-refractivity contribution in [3.05, 3.63) is 30.0 Å². The summed E-state index contributed by atoms with van der Waals surface area (Å²) >= 11 is 0. The normalized spacial score (nSPS) is 14.9. The van der Waals surface area contributed by atoms with Gasteiger partial charge in [-0.05, 0) is 13.0 Å². The van der Waals surface area contributed by atoms with Gasteiger partial charge in [0.25, 0.3) is 0 Å². The van der Waals surface area contributed by atoms with Crippen LogP contribution in [0.5, 0.6) is 0 Å².